The summed E-state index contributed by atoms with van der Waals surface area (Å²) in [5.74, 6) is -3.23. The molecule has 0 heterocycles. The molecule has 0 radical (unpaired) electrons. The van der Waals surface area contributed by atoms with Gasteiger partial charge < -0.3 is 30.9 Å². The first kappa shape index (κ1) is 25.4. The van der Waals surface area contributed by atoms with Gasteiger partial charge in [0.15, 0.2) is 0 Å². The van der Waals surface area contributed by atoms with Gasteiger partial charge in [-0.25, -0.2) is 4.79 Å². The Morgan fingerprint density at radius 1 is 0.839 bits per heavy atom. The standard InChI is InChI=1S/C20H27N3O8/c24-16(6-8-18(26)27)22-12-15(23-17(25)7-9-19(28)29)10-11-21-20(30)31-13-14-4-2-1-3-5-14/h1-5,15H,6-13H2,(H,21,30)(H,22,24)(H,23,25)(H,26,27)(H,28,29)/t15-/m1/s1. The van der Waals surface area contributed by atoms with Crippen LogP contribution >= 0.6 is 0 Å². The lowest BCUT2D eigenvalue weighted by Gasteiger charge is -2.19. The molecule has 5 N–H and O–H groups in total. The largest absolute Gasteiger partial charge is 0.481 e. The number of carboxylic acids is 2. The van der Waals surface area contributed by atoms with Gasteiger partial charge in [-0.2, -0.15) is 0 Å². The van der Waals surface area contributed by atoms with Crippen molar-refractivity contribution in [2.45, 2.75) is 44.8 Å². The molecule has 31 heavy (non-hydrogen) atoms. The maximum atomic E-state index is 11.9. The number of hydrogen-bond acceptors (Lipinski definition) is 6. The molecule has 0 spiro atoms. The lowest BCUT2D eigenvalue weighted by molar-refractivity contribution is -0.139. The average Bonchev–Trinajstić information content (AvgIpc) is 2.73. The van der Waals surface area contributed by atoms with E-state index in [1.54, 1.807) is 0 Å². The van der Waals surface area contributed by atoms with Crippen LogP contribution < -0.4 is 16.0 Å². The van der Waals surface area contributed by atoms with Gasteiger partial charge in [0.25, 0.3) is 0 Å². The molecule has 0 saturated carbocycles. The molecule has 0 bridgehead atoms. The number of amides is 3. The van der Waals surface area contributed by atoms with E-state index in [0.29, 0.717) is 0 Å². The SMILES string of the molecule is O=C(O)CCC(=O)NC[C@@H](CCNC(=O)OCc1ccccc1)NC(=O)CCC(=O)O. The van der Waals surface area contributed by atoms with Crippen LogP contribution in [0.25, 0.3) is 0 Å². The van der Waals surface area contributed by atoms with Crippen molar-refractivity contribution in [2.24, 2.45) is 0 Å². The number of ether oxygens (including phenoxy) is 1. The highest BCUT2D eigenvalue weighted by Crippen LogP contribution is 2.01. The first-order valence-electron chi connectivity index (χ1n) is 9.70. The normalized spacial score (nSPS) is 11.1. The number of aliphatic carboxylic acids is 2. The molecule has 3 amide bonds. The van der Waals surface area contributed by atoms with Crippen molar-refractivity contribution in [2.75, 3.05) is 13.1 Å². The first-order valence-corrected chi connectivity index (χ1v) is 9.70. The van der Waals surface area contributed by atoms with Gasteiger partial charge in [0, 0.05) is 32.0 Å². The predicted octanol–water partition coefficient (Wildman–Crippen LogP) is 0.633. The Balaban J connectivity index is 2.44. The minimum Gasteiger partial charge on any atom is -0.481 e. The number of carbonyl (C=O) groups is 5. The van der Waals surface area contributed by atoms with Crippen molar-refractivity contribution < 1.29 is 38.9 Å². The van der Waals surface area contributed by atoms with Crippen molar-refractivity contribution >= 4 is 29.8 Å². The van der Waals surface area contributed by atoms with Crippen molar-refractivity contribution in [3.05, 3.63) is 35.9 Å². The molecule has 11 nitrogen and oxygen atoms in total. The fourth-order valence-electron chi connectivity index (χ4n) is 2.41. The van der Waals surface area contributed by atoms with Crippen LogP contribution in [0.5, 0.6) is 0 Å². The smallest absolute Gasteiger partial charge is 0.407 e. The fourth-order valence-corrected chi connectivity index (χ4v) is 2.41. The number of hydrogen-bond donors (Lipinski definition) is 5. The van der Waals surface area contributed by atoms with Crippen LogP contribution in [0.4, 0.5) is 4.79 Å². The molecule has 0 aliphatic rings. The van der Waals surface area contributed by atoms with Crippen LogP contribution in [0, 0.1) is 0 Å². The topological polar surface area (TPSA) is 171 Å². The van der Waals surface area contributed by atoms with Gasteiger partial charge in [-0.15, -0.1) is 0 Å². The summed E-state index contributed by atoms with van der Waals surface area (Å²) in [5.41, 5.74) is 0.824. The third-order valence-corrected chi connectivity index (χ3v) is 4.02. The van der Waals surface area contributed by atoms with Gasteiger partial charge in [-0.3, -0.25) is 19.2 Å². The fraction of sp³-hybridized carbons (Fsp3) is 0.450. The summed E-state index contributed by atoms with van der Waals surface area (Å²) in [7, 11) is 0. The van der Waals surface area contributed by atoms with Crippen molar-refractivity contribution in [3.63, 3.8) is 0 Å². The third kappa shape index (κ3) is 13.3. The molecule has 0 aliphatic carbocycles. The summed E-state index contributed by atoms with van der Waals surface area (Å²) in [6.07, 6.45) is -1.52. The predicted molar refractivity (Wildman–Crippen MR) is 108 cm³/mol. The van der Waals surface area contributed by atoms with Gasteiger partial charge in [0.05, 0.1) is 12.8 Å². The van der Waals surface area contributed by atoms with Gasteiger partial charge in [-0.1, -0.05) is 30.3 Å². The number of benzene rings is 1. The van der Waals surface area contributed by atoms with Gasteiger partial charge >= 0.3 is 18.0 Å². The van der Waals surface area contributed by atoms with Crippen LogP contribution in [0.15, 0.2) is 30.3 Å². The van der Waals surface area contributed by atoms with E-state index < -0.39 is 35.9 Å². The minimum atomic E-state index is -1.11. The molecular weight excluding hydrogens is 410 g/mol. The molecule has 1 rings (SSSR count). The number of nitrogens with one attached hydrogen (secondary N) is 3. The van der Waals surface area contributed by atoms with E-state index in [2.05, 4.69) is 16.0 Å². The third-order valence-electron chi connectivity index (χ3n) is 4.02. The van der Waals surface area contributed by atoms with Gasteiger partial charge in [0.2, 0.25) is 11.8 Å². The van der Waals surface area contributed by atoms with E-state index in [1.807, 2.05) is 30.3 Å². The number of carbonyl (C=O) groups excluding carboxylic acids is 3. The molecule has 0 aromatic heterocycles. The molecule has 0 unspecified atom stereocenters. The Kier molecular flexibility index (Phi) is 11.8. The van der Waals surface area contributed by atoms with E-state index in [9.17, 15) is 24.0 Å². The van der Waals surface area contributed by atoms with Gasteiger partial charge in [-0.05, 0) is 12.0 Å². The van der Waals surface area contributed by atoms with Crippen LogP contribution in [0.3, 0.4) is 0 Å². The first-order chi connectivity index (χ1) is 14.8. The Morgan fingerprint density at radius 3 is 2.06 bits per heavy atom. The molecular formula is C20H27N3O8. The summed E-state index contributed by atoms with van der Waals surface area (Å²) < 4.78 is 5.08. The highest BCUT2D eigenvalue weighted by atomic mass is 16.5. The lowest BCUT2D eigenvalue weighted by Crippen LogP contribution is -2.45. The summed E-state index contributed by atoms with van der Waals surface area (Å²) in [4.78, 5) is 56.5. The van der Waals surface area contributed by atoms with Crippen LogP contribution in [-0.4, -0.2) is 59.2 Å². The van der Waals surface area contributed by atoms with Crippen LogP contribution in [-0.2, 0) is 30.5 Å². The van der Waals surface area contributed by atoms with Crippen molar-refractivity contribution in [1.29, 1.82) is 0 Å². The summed E-state index contributed by atoms with van der Waals surface area (Å²) in [5, 5.41) is 24.9. The monoisotopic (exact) mass is 437 g/mol. The number of carboxylic acid groups (broad SMARTS) is 2. The molecule has 0 saturated heterocycles. The minimum absolute atomic E-state index is 0.00198. The highest BCUT2D eigenvalue weighted by molar-refractivity contribution is 5.82. The van der Waals surface area contributed by atoms with Gasteiger partial charge in [0.1, 0.15) is 6.61 Å². The van der Waals surface area contributed by atoms with Crippen LogP contribution in [0.1, 0.15) is 37.7 Å². The van der Waals surface area contributed by atoms with E-state index in [-0.39, 0.29) is 51.8 Å². The Bertz CT molecular complexity index is 754. The van der Waals surface area contributed by atoms with Crippen molar-refractivity contribution in [1.82, 2.24) is 16.0 Å². The lowest BCUT2D eigenvalue weighted by atomic mass is 10.1. The zero-order chi connectivity index (χ0) is 23.1. The van der Waals surface area contributed by atoms with E-state index in [0.717, 1.165) is 5.56 Å². The zero-order valence-corrected chi connectivity index (χ0v) is 17.0. The molecule has 1 atom stereocenters. The maximum absolute atomic E-state index is 11.9. The van der Waals surface area contributed by atoms with Crippen molar-refractivity contribution in [3.8, 4) is 0 Å². The molecule has 0 aliphatic heterocycles. The Morgan fingerprint density at radius 2 is 1.45 bits per heavy atom. The number of rotatable bonds is 14. The Labute approximate surface area is 179 Å². The molecule has 11 heteroatoms. The maximum Gasteiger partial charge on any atom is 0.407 e. The van der Waals surface area contributed by atoms with E-state index in [4.69, 9.17) is 14.9 Å². The molecule has 170 valence electrons. The van der Waals surface area contributed by atoms with Crippen LogP contribution in [0.2, 0.25) is 0 Å². The second kappa shape index (κ2) is 14.4. The highest BCUT2D eigenvalue weighted by Gasteiger charge is 2.16. The second-order valence-corrected chi connectivity index (χ2v) is 6.63. The quantitative estimate of drug-likeness (QED) is 0.282. The number of alkyl carbamates (subject to hydrolysis) is 1. The molecule has 1 aromatic rings. The summed E-state index contributed by atoms with van der Waals surface area (Å²) >= 11 is 0. The Hall–Kier alpha value is -3.63. The van der Waals surface area contributed by atoms with E-state index in [1.165, 1.54) is 0 Å². The summed E-state index contributed by atoms with van der Waals surface area (Å²) in [6, 6.07) is 8.50. The zero-order valence-electron chi connectivity index (χ0n) is 17.0. The molecule has 1 aromatic carbocycles. The average molecular weight is 437 g/mol. The van der Waals surface area contributed by atoms with E-state index >= 15 is 0 Å². The molecule has 0 fully saturated rings. The summed E-state index contributed by atoms with van der Waals surface area (Å²) in [6.45, 7) is 0.224. The second-order valence-electron chi connectivity index (χ2n) is 6.63.